The SMILES string of the molecule is COC(=O)CN(C(=O)C=Cc1ccc(F)c(Cl)c1)C(C)C. The molecule has 0 unspecified atom stereocenters. The Morgan fingerprint density at radius 1 is 1.43 bits per heavy atom. The first kappa shape index (κ1) is 17.2. The molecule has 0 atom stereocenters. The number of rotatable bonds is 5. The smallest absolute Gasteiger partial charge is 0.325 e. The molecule has 0 fully saturated rings. The third kappa shape index (κ3) is 5.19. The first-order valence-corrected chi connectivity index (χ1v) is 6.73. The molecule has 1 aromatic rings. The molecule has 0 aliphatic carbocycles. The van der Waals surface area contributed by atoms with E-state index in [-0.39, 0.29) is 23.5 Å². The van der Waals surface area contributed by atoms with Gasteiger partial charge in [-0.1, -0.05) is 17.7 Å². The van der Waals surface area contributed by atoms with Crippen LogP contribution < -0.4 is 0 Å². The number of amides is 1. The van der Waals surface area contributed by atoms with Gasteiger partial charge < -0.3 is 9.64 Å². The van der Waals surface area contributed by atoms with Crippen LogP contribution in [0.15, 0.2) is 24.3 Å². The molecule has 0 radical (unpaired) electrons. The molecule has 0 saturated carbocycles. The largest absolute Gasteiger partial charge is 0.468 e. The van der Waals surface area contributed by atoms with E-state index in [1.165, 1.54) is 42.4 Å². The number of nitrogens with zero attached hydrogens (tertiary/aromatic N) is 1. The molecule has 1 rings (SSSR count). The van der Waals surface area contributed by atoms with Crippen LogP contribution in [0.2, 0.25) is 5.02 Å². The van der Waals surface area contributed by atoms with Crippen molar-refractivity contribution < 1.29 is 18.7 Å². The molecule has 21 heavy (non-hydrogen) atoms. The van der Waals surface area contributed by atoms with Crippen molar-refractivity contribution >= 4 is 29.6 Å². The van der Waals surface area contributed by atoms with Gasteiger partial charge in [-0.15, -0.1) is 0 Å². The maximum atomic E-state index is 13.0. The van der Waals surface area contributed by atoms with Crippen molar-refractivity contribution in [1.82, 2.24) is 4.90 Å². The number of methoxy groups -OCH3 is 1. The topological polar surface area (TPSA) is 46.6 Å². The van der Waals surface area contributed by atoms with Gasteiger partial charge in [0.15, 0.2) is 0 Å². The van der Waals surface area contributed by atoms with Crippen LogP contribution in [0, 0.1) is 5.82 Å². The molecule has 1 aromatic carbocycles. The maximum Gasteiger partial charge on any atom is 0.325 e. The standard InChI is InChI=1S/C15H17ClFNO3/c1-10(2)18(9-15(20)21-3)14(19)7-5-11-4-6-13(17)12(16)8-11/h4-8,10H,9H2,1-3H3. The first-order chi connectivity index (χ1) is 9.85. The summed E-state index contributed by atoms with van der Waals surface area (Å²) in [5, 5.41) is -0.0140. The highest BCUT2D eigenvalue weighted by Gasteiger charge is 2.18. The Balaban J connectivity index is 2.82. The lowest BCUT2D eigenvalue weighted by molar-refractivity contribution is -0.146. The van der Waals surface area contributed by atoms with E-state index in [4.69, 9.17) is 11.6 Å². The third-order valence-electron chi connectivity index (χ3n) is 2.80. The van der Waals surface area contributed by atoms with Crippen molar-refractivity contribution in [3.8, 4) is 0 Å². The molecule has 1 amide bonds. The zero-order chi connectivity index (χ0) is 16.0. The van der Waals surface area contributed by atoms with Crippen LogP contribution in [0.5, 0.6) is 0 Å². The quantitative estimate of drug-likeness (QED) is 0.620. The molecule has 0 spiro atoms. The fraction of sp³-hybridized carbons (Fsp3) is 0.333. The minimum atomic E-state index is -0.519. The van der Waals surface area contributed by atoms with Crippen LogP contribution in [-0.2, 0) is 14.3 Å². The van der Waals surface area contributed by atoms with E-state index >= 15 is 0 Å². The van der Waals surface area contributed by atoms with Gasteiger partial charge in [0, 0.05) is 12.1 Å². The second-order valence-electron chi connectivity index (χ2n) is 4.64. The van der Waals surface area contributed by atoms with Crippen molar-refractivity contribution in [3.05, 3.63) is 40.7 Å². The lowest BCUT2D eigenvalue weighted by atomic mass is 10.2. The van der Waals surface area contributed by atoms with Crippen molar-refractivity contribution in [2.75, 3.05) is 13.7 Å². The van der Waals surface area contributed by atoms with Crippen molar-refractivity contribution in [2.45, 2.75) is 19.9 Å². The molecule has 0 saturated heterocycles. The number of ether oxygens (including phenoxy) is 1. The molecule has 6 heteroatoms. The summed E-state index contributed by atoms with van der Waals surface area (Å²) < 4.78 is 17.6. The van der Waals surface area contributed by atoms with Gasteiger partial charge in [0.05, 0.1) is 12.1 Å². The van der Waals surface area contributed by atoms with Crippen LogP contribution in [0.1, 0.15) is 19.4 Å². The Morgan fingerprint density at radius 2 is 2.10 bits per heavy atom. The van der Waals surface area contributed by atoms with E-state index in [0.29, 0.717) is 5.56 Å². The first-order valence-electron chi connectivity index (χ1n) is 6.35. The Morgan fingerprint density at radius 3 is 2.62 bits per heavy atom. The molecular formula is C15H17ClFNO3. The molecule has 0 heterocycles. The summed E-state index contributed by atoms with van der Waals surface area (Å²) in [6, 6.07) is 3.99. The van der Waals surface area contributed by atoms with Gasteiger partial charge in [0.1, 0.15) is 12.4 Å². The summed E-state index contributed by atoms with van der Waals surface area (Å²) in [4.78, 5) is 24.7. The van der Waals surface area contributed by atoms with Crippen molar-refractivity contribution in [1.29, 1.82) is 0 Å². The Kier molecular flexibility index (Phi) is 6.37. The number of hydrogen-bond acceptors (Lipinski definition) is 3. The Labute approximate surface area is 128 Å². The van der Waals surface area contributed by atoms with E-state index < -0.39 is 11.8 Å². The molecule has 4 nitrogen and oxygen atoms in total. The van der Waals surface area contributed by atoms with Gasteiger partial charge in [0.2, 0.25) is 5.91 Å². The number of hydrogen-bond donors (Lipinski definition) is 0. The average molecular weight is 314 g/mol. The van der Waals surface area contributed by atoms with Crippen molar-refractivity contribution in [3.63, 3.8) is 0 Å². The minimum absolute atomic E-state index is 0.0140. The van der Waals surface area contributed by atoms with E-state index in [1.807, 2.05) is 0 Å². The number of carbonyl (C=O) groups excluding carboxylic acids is 2. The summed E-state index contributed by atoms with van der Waals surface area (Å²) in [5.41, 5.74) is 0.594. The number of carbonyl (C=O) groups is 2. The fourth-order valence-corrected chi connectivity index (χ4v) is 1.79. The molecule has 0 aliphatic heterocycles. The average Bonchev–Trinajstić information content (AvgIpc) is 2.45. The second-order valence-corrected chi connectivity index (χ2v) is 5.05. The van der Waals surface area contributed by atoms with Crippen molar-refractivity contribution in [2.24, 2.45) is 0 Å². The highest BCUT2D eigenvalue weighted by atomic mass is 35.5. The Hall–Kier alpha value is -1.88. The monoisotopic (exact) mass is 313 g/mol. The minimum Gasteiger partial charge on any atom is -0.468 e. The molecule has 0 N–H and O–H groups in total. The van der Waals surface area contributed by atoms with E-state index in [0.717, 1.165) is 0 Å². The van der Waals surface area contributed by atoms with E-state index in [2.05, 4.69) is 4.74 Å². The normalized spacial score (nSPS) is 11.0. The van der Waals surface area contributed by atoms with Gasteiger partial charge in [-0.3, -0.25) is 9.59 Å². The lowest BCUT2D eigenvalue weighted by Gasteiger charge is -2.24. The summed E-state index contributed by atoms with van der Waals surface area (Å²) in [7, 11) is 1.27. The van der Waals surface area contributed by atoms with Crippen LogP contribution in [0.25, 0.3) is 6.08 Å². The van der Waals surface area contributed by atoms with Gasteiger partial charge in [-0.05, 0) is 37.6 Å². The number of halogens is 2. The molecule has 0 aromatic heterocycles. The lowest BCUT2D eigenvalue weighted by Crippen LogP contribution is -2.40. The van der Waals surface area contributed by atoms with Crippen LogP contribution in [0.3, 0.4) is 0 Å². The number of esters is 1. The van der Waals surface area contributed by atoms with Gasteiger partial charge in [0.25, 0.3) is 0 Å². The summed E-state index contributed by atoms with van der Waals surface area (Å²) >= 11 is 5.66. The highest BCUT2D eigenvalue weighted by Crippen LogP contribution is 2.17. The highest BCUT2D eigenvalue weighted by molar-refractivity contribution is 6.30. The Bertz CT molecular complexity index is 558. The maximum absolute atomic E-state index is 13.0. The van der Waals surface area contributed by atoms with Gasteiger partial charge >= 0.3 is 5.97 Å². The molecule has 0 aliphatic rings. The van der Waals surface area contributed by atoms with Crippen LogP contribution in [0.4, 0.5) is 4.39 Å². The fourth-order valence-electron chi connectivity index (χ4n) is 1.60. The van der Waals surface area contributed by atoms with E-state index in [1.54, 1.807) is 13.8 Å². The third-order valence-corrected chi connectivity index (χ3v) is 3.09. The second kappa shape index (κ2) is 7.78. The predicted molar refractivity (Wildman–Crippen MR) is 79.3 cm³/mol. The van der Waals surface area contributed by atoms with Gasteiger partial charge in [-0.25, -0.2) is 4.39 Å². The zero-order valence-electron chi connectivity index (χ0n) is 12.1. The van der Waals surface area contributed by atoms with E-state index in [9.17, 15) is 14.0 Å². The molecular weight excluding hydrogens is 297 g/mol. The van der Waals surface area contributed by atoms with Crippen LogP contribution in [-0.4, -0.2) is 36.5 Å². The van der Waals surface area contributed by atoms with Crippen LogP contribution >= 0.6 is 11.6 Å². The summed E-state index contributed by atoms with van der Waals surface area (Å²) in [6.07, 6.45) is 2.83. The number of benzene rings is 1. The molecule has 114 valence electrons. The predicted octanol–water partition coefficient (Wildman–Crippen LogP) is 2.90. The van der Waals surface area contributed by atoms with Gasteiger partial charge in [-0.2, -0.15) is 0 Å². The zero-order valence-corrected chi connectivity index (χ0v) is 12.9. The molecule has 0 bridgehead atoms. The summed E-state index contributed by atoms with van der Waals surface area (Å²) in [6.45, 7) is 3.47. The summed E-state index contributed by atoms with van der Waals surface area (Å²) in [5.74, 6) is -1.35.